The molecule has 0 bridgehead atoms. The Morgan fingerprint density at radius 3 is 2.30 bits per heavy atom. The van der Waals surface area contributed by atoms with Crippen molar-refractivity contribution in [2.75, 3.05) is 17.7 Å². The molecule has 2 heterocycles. The lowest BCUT2D eigenvalue weighted by molar-refractivity contribution is -0.383. The maximum Gasteiger partial charge on any atom is 0.353 e. The molecule has 3 rings (SSSR count). The van der Waals surface area contributed by atoms with Crippen LogP contribution < -0.4 is 20.7 Å². The predicted octanol–water partition coefficient (Wildman–Crippen LogP) is 3.73. The van der Waals surface area contributed by atoms with Gasteiger partial charge in [-0.25, -0.2) is 9.97 Å². The smallest absolute Gasteiger partial charge is 0.353 e. The number of nitrogens with one attached hydrogen (secondary N) is 3. The summed E-state index contributed by atoms with van der Waals surface area (Å²) in [5, 5.41) is 21.8. The fourth-order valence-electron chi connectivity index (χ4n) is 4.33. The van der Waals surface area contributed by atoms with Gasteiger partial charge in [0.1, 0.15) is 12.1 Å². The van der Waals surface area contributed by atoms with Crippen LogP contribution in [0.25, 0.3) is 0 Å². The molecule has 0 aliphatic carbocycles. The van der Waals surface area contributed by atoms with Crippen molar-refractivity contribution >= 4 is 17.3 Å². The fourth-order valence-corrected chi connectivity index (χ4v) is 4.33. The fraction of sp³-hybridized carbons (Fsp3) is 0.524. The number of hydrogen-bond acceptors (Lipinski definition) is 8. The molecule has 1 aromatic carbocycles. The van der Waals surface area contributed by atoms with Gasteiger partial charge in [0.2, 0.25) is 11.6 Å². The van der Waals surface area contributed by atoms with E-state index >= 15 is 0 Å². The molecule has 1 saturated heterocycles. The van der Waals surface area contributed by atoms with Gasteiger partial charge in [-0.2, -0.15) is 0 Å². The van der Waals surface area contributed by atoms with Crippen LogP contribution in [0.3, 0.4) is 0 Å². The second-order valence-corrected chi connectivity index (χ2v) is 9.02. The van der Waals surface area contributed by atoms with Crippen LogP contribution in [-0.2, 0) is 6.54 Å². The van der Waals surface area contributed by atoms with Crippen molar-refractivity contribution in [3.63, 3.8) is 0 Å². The van der Waals surface area contributed by atoms with Gasteiger partial charge in [-0.15, -0.1) is 0 Å². The predicted molar refractivity (Wildman–Crippen MR) is 117 cm³/mol. The molecular formula is C21H30N6O3. The summed E-state index contributed by atoms with van der Waals surface area (Å²) >= 11 is 0. The molecule has 1 fully saturated rings. The minimum Gasteiger partial charge on any atom is -0.497 e. The number of nitro groups is 1. The molecule has 9 heteroatoms. The summed E-state index contributed by atoms with van der Waals surface area (Å²) in [6, 6.07) is 7.55. The molecule has 0 saturated carbocycles. The van der Waals surface area contributed by atoms with Gasteiger partial charge in [0.15, 0.2) is 0 Å². The van der Waals surface area contributed by atoms with E-state index in [0.29, 0.717) is 6.54 Å². The molecule has 1 aliphatic rings. The van der Waals surface area contributed by atoms with Crippen molar-refractivity contribution in [1.29, 1.82) is 0 Å². The number of rotatable bonds is 7. The molecule has 162 valence electrons. The third-order valence-electron chi connectivity index (χ3n) is 5.15. The van der Waals surface area contributed by atoms with E-state index in [-0.39, 0.29) is 34.4 Å². The Bertz CT molecular complexity index is 882. The summed E-state index contributed by atoms with van der Waals surface area (Å²) in [5.41, 5.74) is 0.646. The minimum atomic E-state index is -0.434. The summed E-state index contributed by atoms with van der Waals surface area (Å²) in [5.74, 6) is 1.19. The molecular weight excluding hydrogens is 384 g/mol. The second-order valence-electron chi connectivity index (χ2n) is 9.02. The van der Waals surface area contributed by atoms with Crippen molar-refractivity contribution in [3.05, 3.63) is 46.3 Å². The number of ether oxygens (including phenoxy) is 1. The summed E-state index contributed by atoms with van der Waals surface area (Å²) in [6.45, 7) is 8.95. The molecule has 30 heavy (non-hydrogen) atoms. The lowest BCUT2D eigenvalue weighted by atomic mass is 9.79. The Hall–Kier alpha value is -2.94. The van der Waals surface area contributed by atoms with E-state index in [1.54, 1.807) is 7.11 Å². The minimum absolute atomic E-state index is 0.0549. The Morgan fingerprint density at radius 1 is 1.13 bits per heavy atom. The average molecular weight is 415 g/mol. The first-order valence-electron chi connectivity index (χ1n) is 10.0. The van der Waals surface area contributed by atoms with Crippen molar-refractivity contribution in [1.82, 2.24) is 15.3 Å². The maximum atomic E-state index is 11.9. The van der Waals surface area contributed by atoms with Crippen molar-refractivity contribution in [2.45, 2.75) is 64.2 Å². The summed E-state index contributed by atoms with van der Waals surface area (Å²) < 4.78 is 5.16. The number of anilines is 2. The molecule has 9 nitrogen and oxygen atoms in total. The van der Waals surface area contributed by atoms with Crippen molar-refractivity contribution < 1.29 is 9.66 Å². The van der Waals surface area contributed by atoms with Crippen molar-refractivity contribution in [3.8, 4) is 5.75 Å². The number of hydrogen-bond donors (Lipinski definition) is 3. The molecule has 0 amide bonds. The van der Waals surface area contributed by atoms with Gasteiger partial charge in [-0.05, 0) is 58.2 Å². The highest BCUT2D eigenvalue weighted by Gasteiger charge is 2.38. The Kier molecular flexibility index (Phi) is 6.12. The van der Waals surface area contributed by atoms with Gasteiger partial charge in [0, 0.05) is 23.7 Å². The summed E-state index contributed by atoms with van der Waals surface area (Å²) in [7, 11) is 1.61. The van der Waals surface area contributed by atoms with E-state index in [2.05, 4.69) is 53.6 Å². The van der Waals surface area contributed by atoms with Crippen LogP contribution >= 0.6 is 0 Å². The highest BCUT2D eigenvalue weighted by molar-refractivity contribution is 5.69. The van der Waals surface area contributed by atoms with Crippen LogP contribution in [-0.4, -0.2) is 39.1 Å². The third-order valence-corrected chi connectivity index (χ3v) is 5.15. The standard InChI is InChI=1S/C21H30N6O3/c1-20(2)10-15(11-21(3,4)26-20)25-19-17(27(28)29)18(23-13-24-19)22-12-14-6-8-16(30-5)9-7-14/h6-9,13,15,26H,10-12H2,1-5H3,(H2,22,23,24,25). The molecule has 0 unspecified atom stereocenters. The number of nitrogens with zero attached hydrogens (tertiary/aromatic N) is 3. The van der Waals surface area contributed by atoms with Crippen LogP contribution in [0.2, 0.25) is 0 Å². The highest BCUT2D eigenvalue weighted by Crippen LogP contribution is 2.34. The van der Waals surface area contributed by atoms with Gasteiger partial charge < -0.3 is 20.7 Å². The summed E-state index contributed by atoms with van der Waals surface area (Å²) in [4.78, 5) is 19.7. The van der Waals surface area contributed by atoms with Gasteiger partial charge >= 0.3 is 5.69 Å². The van der Waals surface area contributed by atoms with Crippen LogP contribution in [0.15, 0.2) is 30.6 Å². The van der Waals surface area contributed by atoms with Gasteiger partial charge in [-0.1, -0.05) is 12.1 Å². The number of benzene rings is 1. The van der Waals surface area contributed by atoms with Crippen LogP contribution in [0.1, 0.15) is 46.1 Å². The normalized spacial score (nSPS) is 17.9. The third kappa shape index (κ3) is 5.35. The van der Waals surface area contributed by atoms with Gasteiger partial charge in [0.25, 0.3) is 0 Å². The van der Waals surface area contributed by atoms with E-state index in [4.69, 9.17) is 4.74 Å². The number of methoxy groups -OCH3 is 1. The SMILES string of the molecule is COc1ccc(CNc2ncnc(NC3CC(C)(C)NC(C)(C)C3)c2[N+](=O)[O-])cc1. The van der Waals surface area contributed by atoms with Crippen LogP contribution in [0.4, 0.5) is 17.3 Å². The van der Waals surface area contributed by atoms with Gasteiger partial charge in [-0.3, -0.25) is 10.1 Å². The molecule has 1 aromatic heterocycles. The van der Waals surface area contributed by atoms with E-state index in [1.165, 1.54) is 6.33 Å². The lowest BCUT2D eigenvalue weighted by Gasteiger charge is -2.46. The average Bonchev–Trinajstić information content (AvgIpc) is 2.64. The zero-order valence-corrected chi connectivity index (χ0v) is 18.2. The zero-order chi connectivity index (χ0) is 21.9. The lowest BCUT2D eigenvalue weighted by Crippen LogP contribution is -2.60. The molecule has 3 N–H and O–H groups in total. The van der Waals surface area contributed by atoms with Crippen molar-refractivity contribution in [2.24, 2.45) is 0 Å². The first kappa shape index (κ1) is 21.8. The summed E-state index contributed by atoms with van der Waals surface area (Å²) in [6.07, 6.45) is 3.00. The Labute approximate surface area is 176 Å². The monoisotopic (exact) mass is 414 g/mol. The maximum absolute atomic E-state index is 11.9. The van der Waals surface area contributed by atoms with E-state index in [9.17, 15) is 10.1 Å². The first-order chi connectivity index (χ1) is 14.1. The molecule has 0 atom stereocenters. The highest BCUT2D eigenvalue weighted by atomic mass is 16.6. The topological polar surface area (TPSA) is 114 Å². The molecule has 0 spiro atoms. The van der Waals surface area contributed by atoms with Crippen LogP contribution in [0, 0.1) is 10.1 Å². The molecule has 1 aliphatic heterocycles. The van der Waals surface area contributed by atoms with Crippen LogP contribution in [0.5, 0.6) is 5.75 Å². The number of aromatic nitrogens is 2. The Balaban J connectivity index is 1.79. The number of piperidine rings is 1. The Morgan fingerprint density at radius 2 is 1.73 bits per heavy atom. The first-order valence-corrected chi connectivity index (χ1v) is 10.0. The second kappa shape index (κ2) is 8.43. The van der Waals surface area contributed by atoms with E-state index in [1.807, 2.05) is 24.3 Å². The van der Waals surface area contributed by atoms with Gasteiger partial charge in [0.05, 0.1) is 12.0 Å². The molecule has 0 radical (unpaired) electrons. The quantitative estimate of drug-likeness (QED) is 0.464. The largest absolute Gasteiger partial charge is 0.497 e. The van der Waals surface area contributed by atoms with E-state index < -0.39 is 4.92 Å². The van der Waals surface area contributed by atoms with E-state index in [0.717, 1.165) is 24.2 Å². The zero-order valence-electron chi connectivity index (χ0n) is 18.2. The molecule has 2 aromatic rings.